The molecule has 2 aromatic heterocycles. The van der Waals surface area contributed by atoms with Gasteiger partial charge in [0.15, 0.2) is 0 Å². The Hall–Kier alpha value is -1.75. The third-order valence-corrected chi connectivity index (χ3v) is 3.50. The fraction of sp³-hybridized carbons (Fsp3) is 0.533. The Balaban J connectivity index is 2.22. The zero-order valence-corrected chi connectivity index (χ0v) is 12.5. The average molecular weight is 273 g/mol. The highest BCUT2D eigenvalue weighted by atomic mass is 15.3. The molecular weight excluding hydrogens is 250 g/mol. The molecule has 1 N–H and O–H groups in total. The van der Waals surface area contributed by atoms with Crippen LogP contribution in [0.15, 0.2) is 24.7 Å². The second-order valence-corrected chi connectivity index (χ2v) is 4.85. The highest BCUT2D eigenvalue weighted by Gasteiger charge is 2.17. The maximum Gasteiger partial charge on any atom is 0.138 e. The molecule has 2 rings (SSSR count). The van der Waals surface area contributed by atoms with Crippen LogP contribution < -0.4 is 5.32 Å². The Morgan fingerprint density at radius 2 is 2.15 bits per heavy atom. The summed E-state index contributed by atoms with van der Waals surface area (Å²) in [7, 11) is 1.97. The van der Waals surface area contributed by atoms with Gasteiger partial charge in [-0.05, 0) is 31.5 Å². The van der Waals surface area contributed by atoms with E-state index in [0.29, 0.717) is 0 Å². The van der Waals surface area contributed by atoms with Crippen molar-refractivity contribution >= 4 is 0 Å². The average Bonchev–Trinajstić information content (AvgIpc) is 2.92. The van der Waals surface area contributed by atoms with Gasteiger partial charge in [0, 0.05) is 19.2 Å². The number of nitrogens with zero attached hydrogens (tertiary/aromatic N) is 4. The minimum atomic E-state index is 0.172. The summed E-state index contributed by atoms with van der Waals surface area (Å²) < 4.78 is 1.99. The van der Waals surface area contributed by atoms with Crippen LogP contribution in [0.4, 0.5) is 0 Å². The van der Waals surface area contributed by atoms with Gasteiger partial charge in [0.05, 0.1) is 11.7 Å². The predicted octanol–water partition coefficient (Wildman–Crippen LogP) is 2.15. The molecule has 0 aliphatic heterocycles. The number of pyridine rings is 1. The first-order valence-corrected chi connectivity index (χ1v) is 7.27. The fourth-order valence-corrected chi connectivity index (χ4v) is 2.43. The van der Waals surface area contributed by atoms with Gasteiger partial charge in [-0.15, -0.1) is 0 Å². The third kappa shape index (κ3) is 3.22. The molecule has 5 heteroatoms. The summed E-state index contributed by atoms with van der Waals surface area (Å²) in [6.07, 6.45) is 6.35. The molecule has 0 bridgehead atoms. The Bertz CT molecular complexity index is 535. The van der Waals surface area contributed by atoms with E-state index in [4.69, 9.17) is 0 Å². The van der Waals surface area contributed by atoms with Crippen LogP contribution in [0.2, 0.25) is 0 Å². The first-order valence-electron chi connectivity index (χ1n) is 7.27. The molecule has 0 spiro atoms. The molecule has 0 aliphatic rings. The first-order chi connectivity index (χ1) is 9.80. The largest absolute Gasteiger partial charge is 0.311 e. The number of hydrogen-bond donors (Lipinski definition) is 1. The van der Waals surface area contributed by atoms with Crippen molar-refractivity contribution in [2.45, 2.75) is 45.7 Å². The molecule has 108 valence electrons. The molecule has 0 saturated heterocycles. The van der Waals surface area contributed by atoms with Crippen molar-refractivity contribution in [3.8, 4) is 0 Å². The summed E-state index contributed by atoms with van der Waals surface area (Å²) in [5, 5.41) is 7.64. The Labute approximate surface area is 120 Å². The molecule has 2 heterocycles. The predicted molar refractivity (Wildman–Crippen MR) is 79.4 cm³/mol. The zero-order valence-electron chi connectivity index (χ0n) is 12.5. The second kappa shape index (κ2) is 7.14. The van der Waals surface area contributed by atoms with Crippen LogP contribution >= 0.6 is 0 Å². The highest BCUT2D eigenvalue weighted by molar-refractivity contribution is 5.23. The van der Waals surface area contributed by atoms with E-state index >= 15 is 0 Å². The number of likely N-dealkylation sites (N-methyl/N-ethyl adjacent to an activating group) is 1. The van der Waals surface area contributed by atoms with E-state index in [1.807, 2.05) is 24.0 Å². The normalized spacial score (nSPS) is 12.6. The lowest BCUT2D eigenvalue weighted by Crippen LogP contribution is -2.23. The van der Waals surface area contributed by atoms with E-state index in [-0.39, 0.29) is 6.04 Å². The minimum absolute atomic E-state index is 0.172. The van der Waals surface area contributed by atoms with Crippen LogP contribution in [0.3, 0.4) is 0 Å². The van der Waals surface area contributed by atoms with Gasteiger partial charge in [-0.2, -0.15) is 5.10 Å². The highest BCUT2D eigenvalue weighted by Crippen LogP contribution is 2.19. The standard InChI is InChI=1S/C15H23N5/c1-4-9-20-14(18-11-19-20)10-13(16-3)15-12(5-2)7-6-8-17-15/h6-8,11,13,16H,4-5,9-10H2,1-3H3. The van der Waals surface area contributed by atoms with Crippen LogP contribution in [0.1, 0.15) is 43.4 Å². The molecule has 0 radical (unpaired) electrons. The molecule has 0 saturated carbocycles. The topological polar surface area (TPSA) is 55.6 Å². The molecule has 1 unspecified atom stereocenters. The SMILES string of the molecule is CCCn1ncnc1CC(NC)c1ncccc1CC. The molecule has 5 nitrogen and oxygen atoms in total. The van der Waals surface area contributed by atoms with Gasteiger partial charge in [0.25, 0.3) is 0 Å². The van der Waals surface area contributed by atoms with Crippen molar-refractivity contribution in [1.29, 1.82) is 0 Å². The summed E-state index contributed by atoms with van der Waals surface area (Å²) >= 11 is 0. The first kappa shape index (κ1) is 14.7. The molecule has 0 aromatic carbocycles. The quantitative estimate of drug-likeness (QED) is 0.840. The number of aromatic nitrogens is 4. The Morgan fingerprint density at radius 3 is 2.85 bits per heavy atom. The van der Waals surface area contributed by atoms with Crippen molar-refractivity contribution in [3.05, 3.63) is 41.7 Å². The van der Waals surface area contributed by atoms with Crippen molar-refractivity contribution in [1.82, 2.24) is 25.1 Å². The molecular formula is C15H23N5. The number of aryl methyl sites for hydroxylation is 2. The maximum absolute atomic E-state index is 4.56. The molecule has 0 fully saturated rings. The Morgan fingerprint density at radius 1 is 1.30 bits per heavy atom. The van der Waals surface area contributed by atoms with Gasteiger partial charge < -0.3 is 5.32 Å². The molecule has 2 aromatic rings. The number of rotatable bonds is 7. The molecule has 0 aliphatic carbocycles. The monoisotopic (exact) mass is 273 g/mol. The van der Waals surface area contributed by atoms with Crippen molar-refractivity contribution in [3.63, 3.8) is 0 Å². The van der Waals surface area contributed by atoms with Gasteiger partial charge in [-0.25, -0.2) is 4.98 Å². The van der Waals surface area contributed by atoms with E-state index in [2.05, 4.69) is 40.3 Å². The van der Waals surface area contributed by atoms with Crippen LogP contribution in [0.25, 0.3) is 0 Å². The summed E-state index contributed by atoms with van der Waals surface area (Å²) in [6, 6.07) is 4.31. The minimum Gasteiger partial charge on any atom is -0.311 e. The van der Waals surface area contributed by atoms with Gasteiger partial charge >= 0.3 is 0 Å². The Kier molecular flexibility index (Phi) is 5.24. The smallest absolute Gasteiger partial charge is 0.138 e. The van der Waals surface area contributed by atoms with E-state index in [1.165, 1.54) is 5.56 Å². The van der Waals surface area contributed by atoms with Crippen molar-refractivity contribution in [2.24, 2.45) is 0 Å². The van der Waals surface area contributed by atoms with Crippen LogP contribution in [-0.4, -0.2) is 26.8 Å². The molecule has 1 atom stereocenters. The number of nitrogens with one attached hydrogen (secondary N) is 1. The van der Waals surface area contributed by atoms with Crippen molar-refractivity contribution in [2.75, 3.05) is 7.05 Å². The summed E-state index contributed by atoms with van der Waals surface area (Å²) in [5.41, 5.74) is 2.40. The summed E-state index contributed by atoms with van der Waals surface area (Å²) in [4.78, 5) is 8.94. The van der Waals surface area contributed by atoms with E-state index in [0.717, 1.165) is 37.3 Å². The van der Waals surface area contributed by atoms with E-state index in [9.17, 15) is 0 Å². The lowest BCUT2D eigenvalue weighted by atomic mass is 10.0. The summed E-state index contributed by atoms with van der Waals surface area (Å²) in [6.45, 7) is 5.22. The van der Waals surface area contributed by atoms with Crippen LogP contribution in [-0.2, 0) is 19.4 Å². The maximum atomic E-state index is 4.56. The van der Waals surface area contributed by atoms with Crippen LogP contribution in [0.5, 0.6) is 0 Å². The molecule has 0 amide bonds. The van der Waals surface area contributed by atoms with Gasteiger partial charge in [0.1, 0.15) is 12.2 Å². The zero-order chi connectivity index (χ0) is 14.4. The third-order valence-electron chi connectivity index (χ3n) is 3.50. The van der Waals surface area contributed by atoms with Crippen LogP contribution in [0, 0.1) is 0 Å². The van der Waals surface area contributed by atoms with Gasteiger partial charge in [-0.3, -0.25) is 9.67 Å². The second-order valence-electron chi connectivity index (χ2n) is 4.85. The summed E-state index contributed by atoms with van der Waals surface area (Å²) in [5.74, 6) is 1.01. The van der Waals surface area contributed by atoms with Gasteiger partial charge in [0.2, 0.25) is 0 Å². The lowest BCUT2D eigenvalue weighted by Gasteiger charge is -2.18. The van der Waals surface area contributed by atoms with E-state index < -0.39 is 0 Å². The van der Waals surface area contributed by atoms with E-state index in [1.54, 1.807) is 6.33 Å². The fourth-order valence-electron chi connectivity index (χ4n) is 2.43. The lowest BCUT2D eigenvalue weighted by molar-refractivity contribution is 0.507. The van der Waals surface area contributed by atoms with Crippen molar-refractivity contribution < 1.29 is 0 Å². The molecule has 20 heavy (non-hydrogen) atoms. The van der Waals surface area contributed by atoms with Gasteiger partial charge in [-0.1, -0.05) is 19.9 Å². The number of hydrogen-bond acceptors (Lipinski definition) is 4.